The summed E-state index contributed by atoms with van der Waals surface area (Å²) in [5.74, 6) is 0.0260. The van der Waals surface area contributed by atoms with Gasteiger partial charge in [-0.05, 0) is 31.3 Å². The molecule has 5 nitrogen and oxygen atoms in total. The number of carbonyl (C=O) groups excluding carboxylic acids is 2. The highest BCUT2D eigenvalue weighted by molar-refractivity contribution is 7.08. The van der Waals surface area contributed by atoms with Crippen LogP contribution in [0.25, 0.3) is 0 Å². The summed E-state index contributed by atoms with van der Waals surface area (Å²) < 4.78 is 0. The molecule has 0 unspecified atom stereocenters. The molecule has 2 N–H and O–H groups in total. The van der Waals surface area contributed by atoms with E-state index >= 15 is 0 Å². The van der Waals surface area contributed by atoms with Crippen molar-refractivity contribution < 1.29 is 9.59 Å². The third-order valence-electron chi connectivity index (χ3n) is 3.66. The summed E-state index contributed by atoms with van der Waals surface area (Å²) in [4.78, 5) is 25.6. The molecule has 2 amide bonds. The Hall–Kier alpha value is -1.40. The Labute approximate surface area is 123 Å². The second kappa shape index (κ2) is 7.40. The van der Waals surface area contributed by atoms with Gasteiger partial charge in [-0.15, -0.1) is 0 Å². The topological polar surface area (TPSA) is 61.4 Å². The number of nitrogens with one attached hydrogen (secondary N) is 2. The fraction of sp³-hybridized carbons (Fsp3) is 0.571. The number of rotatable bonds is 5. The Morgan fingerprint density at radius 1 is 1.40 bits per heavy atom. The molecule has 0 bridgehead atoms. The van der Waals surface area contributed by atoms with Gasteiger partial charge in [-0.1, -0.05) is 0 Å². The molecule has 6 heteroatoms. The number of hydrogen-bond donors (Lipinski definition) is 2. The second-order valence-corrected chi connectivity index (χ2v) is 5.74. The molecule has 1 saturated heterocycles. The number of carbonyl (C=O) groups is 2. The summed E-state index contributed by atoms with van der Waals surface area (Å²) >= 11 is 1.49. The molecule has 1 aromatic heterocycles. The highest BCUT2D eigenvalue weighted by atomic mass is 32.1. The lowest BCUT2D eigenvalue weighted by molar-refractivity contribution is -0.132. The minimum atomic E-state index is -0.104. The lowest BCUT2D eigenvalue weighted by Gasteiger charge is -2.31. The van der Waals surface area contributed by atoms with E-state index in [0.29, 0.717) is 24.6 Å². The molecule has 1 aromatic rings. The largest absolute Gasteiger partial charge is 0.351 e. The van der Waals surface area contributed by atoms with Crippen LogP contribution in [0.5, 0.6) is 0 Å². The van der Waals surface area contributed by atoms with Gasteiger partial charge in [0, 0.05) is 43.0 Å². The number of amides is 2. The van der Waals surface area contributed by atoms with Crippen molar-refractivity contribution in [1.82, 2.24) is 15.5 Å². The Morgan fingerprint density at radius 2 is 2.15 bits per heavy atom. The maximum Gasteiger partial charge on any atom is 0.252 e. The standard InChI is InChI=1S/C14H21N3O2S/c1-15-12-3-7-17(8-4-12)13(18)2-6-16-14(19)11-5-9-20-10-11/h5,9-10,12,15H,2-4,6-8H2,1H3,(H,16,19). The van der Waals surface area contributed by atoms with Gasteiger partial charge in [0.15, 0.2) is 0 Å². The number of nitrogens with zero attached hydrogens (tertiary/aromatic N) is 1. The first-order valence-electron chi connectivity index (χ1n) is 6.96. The predicted octanol–water partition coefficient (Wildman–Crippen LogP) is 1.08. The van der Waals surface area contributed by atoms with E-state index in [1.807, 2.05) is 17.3 Å². The maximum atomic E-state index is 12.0. The summed E-state index contributed by atoms with van der Waals surface area (Å²) in [5, 5.41) is 9.70. The normalized spacial score (nSPS) is 16.1. The van der Waals surface area contributed by atoms with Crippen LogP contribution in [0.3, 0.4) is 0 Å². The van der Waals surface area contributed by atoms with E-state index in [1.54, 1.807) is 11.4 Å². The Balaban J connectivity index is 1.67. The van der Waals surface area contributed by atoms with Gasteiger partial charge in [-0.3, -0.25) is 9.59 Å². The second-order valence-electron chi connectivity index (χ2n) is 4.96. The molecule has 0 spiro atoms. The zero-order valence-electron chi connectivity index (χ0n) is 11.7. The number of piperidine rings is 1. The van der Waals surface area contributed by atoms with Crippen molar-refractivity contribution in [3.63, 3.8) is 0 Å². The molecule has 1 aliphatic heterocycles. The van der Waals surface area contributed by atoms with E-state index < -0.39 is 0 Å². The molecule has 1 fully saturated rings. The average molecular weight is 295 g/mol. The molecule has 2 rings (SSSR count). The minimum Gasteiger partial charge on any atom is -0.351 e. The highest BCUT2D eigenvalue weighted by Gasteiger charge is 2.21. The molecule has 20 heavy (non-hydrogen) atoms. The van der Waals surface area contributed by atoms with E-state index in [1.165, 1.54) is 11.3 Å². The number of hydrogen-bond acceptors (Lipinski definition) is 4. The van der Waals surface area contributed by atoms with Gasteiger partial charge >= 0.3 is 0 Å². The maximum absolute atomic E-state index is 12.0. The quantitative estimate of drug-likeness (QED) is 0.854. The van der Waals surface area contributed by atoms with Gasteiger partial charge < -0.3 is 15.5 Å². The number of likely N-dealkylation sites (tertiary alicyclic amines) is 1. The Kier molecular flexibility index (Phi) is 5.55. The van der Waals surface area contributed by atoms with Crippen LogP contribution >= 0.6 is 11.3 Å². The Bertz CT molecular complexity index is 439. The third-order valence-corrected chi connectivity index (χ3v) is 4.35. The van der Waals surface area contributed by atoms with Crippen LogP contribution in [-0.4, -0.2) is 49.4 Å². The van der Waals surface area contributed by atoms with Gasteiger partial charge in [-0.25, -0.2) is 0 Å². The van der Waals surface area contributed by atoms with Crippen LogP contribution in [-0.2, 0) is 4.79 Å². The van der Waals surface area contributed by atoms with E-state index in [-0.39, 0.29) is 11.8 Å². The molecule has 1 aliphatic rings. The van der Waals surface area contributed by atoms with Gasteiger partial charge in [-0.2, -0.15) is 11.3 Å². The van der Waals surface area contributed by atoms with Crippen molar-refractivity contribution in [2.75, 3.05) is 26.7 Å². The first-order chi connectivity index (χ1) is 9.70. The van der Waals surface area contributed by atoms with E-state index in [4.69, 9.17) is 0 Å². The molecule has 2 heterocycles. The Morgan fingerprint density at radius 3 is 2.75 bits per heavy atom. The first-order valence-corrected chi connectivity index (χ1v) is 7.90. The lowest BCUT2D eigenvalue weighted by Crippen LogP contribution is -2.44. The average Bonchev–Trinajstić information content (AvgIpc) is 3.01. The molecular weight excluding hydrogens is 274 g/mol. The van der Waals surface area contributed by atoms with Gasteiger partial charge in [0.1, 0.15) is 0 Å². The molecule has 0 radical (unpaired) electrons. The summed E-state index contributed by atoms with van der Waals surface area (Å²) in [6.45, 7) is 2.02. The minimum absolute atomic E-state index is 0.104. The van der Waals surface area contributed by atoms with Crippen LogP contribution in [0.4, 0.5) is 0 Å². The summed E-state index contributed by atoms with van der Waals surface area (Å²) in [6, 6.07) is 2.31. The highest BCUT2D eigenvalue weighted by Crippen LogP contribution is 2.11. The lowest BCUT2D eigenvalue weighted by atomic mass is 10.1. The number of thiophene rings is 1. The van der Waals surface area contributed by atoms with Gasteiger partial charge in [0.2, 0.25) is 5.91 Å². The van der Waals surface area contributed by atoms with Crippen molar-refractivity contribution in [2.45, 2.75) is 25.3 Å². The van der Waals surface area contributed by atoms with Crippen molar-refractivity contribution >= 4 is 23.2 Å². The van der Waals surface area contributed by atoms with E-state index in [9.17, 15) is 9.59 Å². The van der Waals surface area contributed by atoms with Crippen LogP contribution in [0.1, 0.15) is 29.6 Å². The van der Waals surface area contributed by atoms with Crippen LogP contribution in [0.2, 0.25) is 0 Å². The van der Waals surface area contributed by atoms with E-state index in [2.05, 4.69) is 10.6 Å². The molecule has 0 aliphatic carbocycles. The zero-order chi connectivity index (χ0) is 14.4. The van der Waals surface area contributed by atoms with Crippen LogP contribution in [0.15, 0.2) is 16.8 Å². The van der Waals surface area contributed by atoms with Crippen molar-refractivity contribution in [2.24, 2.45) is 0 Å². The molecule has 0 saturated carbocycles. The van der Waals surface area contributed by atoms with Crippen molar-refractivity contribution in [3.05, 3.63) is 22.4 Å². The fourth-order valence-electron chi connectivity index (χ4n) is 2.35. The van der Waals surface area contributed by atoms with Crippen molar-refractivity contribution in [3.8, 4) is 0 Å². The van der Waals surface area contributed by atoms with E-state index in [0.717, 1.165) is 25.9 Å². The van der Waals surface area contributed by atoms with Gasteiger partial charge in [0.25, 0.3) is 5.91 Å². The fourth-order valence-corrected chi connectivity index (χ4v) is 2.99. The van der Waals surface area contributed by atoms with Gasteiger partial charge in [0.05, 0.1) is 0 Å². The zero-order valence-corrected chi connectivity index (χ0v) is 12.5. The molecule has 110 valence electrons. The van der Waals surface area contributed by atoms with Crippen LogP contribution < -0.4 is 10.6 Å². The third kappa shape index (κ3) is 4.05. The van der Waals surface area contributed by atoms with Crippen molar-refractivity contribution in [1.29, 1.82) is 0 Å². The summed E-state index contributed by atoms with van der Waals surface area (Å²) in [6.07, 6.45) is 2.38. The predicted molar refractivity (Wildman–Crippen MR) is 79.9 cm³/mol. The first kappa shape index (κ1) is 15.0. The smallest absolute Gasteiger partial charge is 0.252 e. The SMILES string of the molecule is CNC1CCN(C(=O)CCNC(=O)c2ccsc2)CC1. The van der Waals surface area contributed by atoms with Crippen LogP contribution in [0, 0.1) is 0 Å². The summed E-state index contributed by atoms with van der Waals surface area (Å²) in [7, 11) is 1.96. The molecular formula is C14H21N3O2S. The molecule has 0 atom stereocenters. The molecule has 0 aromatic carbocycles. The monoisotopic (exact) mass is 295 g/mol. The summed E-state index contributed by atoms with van der Waals surface area (Å²) in [5.41, 5.74) is 0.664.